The maximum absolute atomic E-state index is 13.5. The first-order valence-electron chi connectivity index (χ1n) is 5.94. The van der Waals surface area contributed by atoms with Gasteiger partial charge in [0.1, 0.15) is 10.7 Å². The Morgan fingerprint density at radius 1 is 1.22 bits per heavy atom. The maximum Gasteiger partial charge on any atom is 0.243 e. The van der Waals surface area contributed by atoms with Crippen LogP contribution in [-0.4, -0.2) is 28.1 Å². The third-order valence-electron chi connectivity index (χ3n) is 2.45. The van der Waals surface area contributed by atoms with Crippen LogP contribution in [0.1, 0.15) is 18.9 Å². The number of halogens is 1. The van der Waals surface area contributed by atoms with E-state index >= 15 is 0 Å². The zero-order valence-corrected chi connectivity index (χ0v) is 11.5. The van der Waals surface area contributed by atoms with Gasteiger partial charge in [0.2, 0.25) is 10.0 Å². The molecule has 0 aromatic heterocycles. The van der Waals surface area contributed by atoms with Crippen molar-refractivity contribution in [1.29, 1.82) is 0 Å². The van der Waals surface area contributed by atoms with E-state index in [9.17, 15) is 12.8 Å². The van der Waals surface area contributed by atoms with Crippen LogP contribution >= 0.6 is 0 Å². The van der Waals surface area contributed by atoms with Crippen molar-refractivity contribution in [2.24, 2.45) is 0 Å². The highest BCUT2D eigenvalue weighted by molar-refractivity contribution is 7.89. The highest BCUT2D eigenvalue weighted by Crippen LogP contribution is 2.18. The fourth-order valence-corrected chi connectivity index (χ4v) is 2.94. The summed E-state index contributed by atoms with van der Waals surface area (Å²) in [5, 5.41) is 3.07. The van der Waals surface area contributed by atoms with Crippen molar-refractivity contribution in [2.75, 3.05) is 19.6 Å². The molecule has 1 aromatic carbocycles. The van der Waals surface area contributed by atoms with Crippen LogP contribution in [0.15, 0.2) is 23.1 Å². The van der Waals surface area contributed by atoms with E-state index in [1.807, 2.05) is 6.92 Å². The average molecular weight is 274 g/mol. The molecule has 6 heteroatoms. The van der Waals surface area contributed by atoms with Crippen LogP contribution in [0.5, 0.6) is 0 Å². The summed E-state index contributed by atoms with van der Waals surface area (Å²) in [5.74, 6) is -0.719. The smallest absolute Gasteiger partial charge is 0.243 e. The zero-order valence-electron chi connectivity index (χ0n) is 10.7. The number of sulfonamides is 1. The van der Waals surface area contributed by atoms with Crippen LogP contribution in [0.4, 0.5) is 4.39 Å². The van der Waals surface area contributed by atoms with E-state index in [-0.39, 0.29) is 11.4 Å². The van der Waals surface area contributed by atoms with Crippen LogP contribution in [0.2, 0.25) is 0 Å². The van der Waals surface area contributed by atoms with Gasteiger partial charge < -0.3 is 5.32 Å². The van der Waals surface area contributed by atoms with E-state index in [2.05, 4.69) is 10.0 Å². The molecule has 18 heavy (non-hydrogen) atoms. The Labute approximate surface area is 108 Å². The summed E-state index contributed by atoms with van der Waals surface area (Å²) >= 11 is 0. The summed E-state index contributed by atoms with van der Waals surface area (Å²) in [6, 6.07) is 4.22. The summed E-state index contributed by atoms with van der Waals surface area (Å²) in [5.41, 5.74) is 0.406. The molecule has 0 fully saturated rings. The zero-order chi connectivity index (χ0) is 13.6. The molecule has 0 atom stereocenters. The molecule has 0 radical (unpaired) electrons. The average Bonchev–Trinajstić information content (AvgIpc) is 2.28. The first kappa shape index (κ1) is 15.1. The largest absolute Gasteiger partial charge is 0.315 e. The van der Waals surface area contributed by atoms with Gasteiger partial charge in [-0.1, -0.05) is 19.1 Å². The third kappa shape index (κ3) is 4.04. The van der Waals surface area contributed by atoms with E-state index in [0.29, 0.717) is 12.1 Å². The van der Waals surface area contributed by atoms with E-state index < -0.39 is 15.8 Å². The van der Waals surface area contributed by atoms with E-state index in [1.165, 1.54) is 6.07 Å². The summed E-state index contributed by atoms with van der Waals surface area (Å²) < 4.78 is 39.8. The second-order valence-corrected chi connectivity index (χ2v) is 5.74. The van der Waals surface area contributed by atoms with Gasteiger partial charge in [-0.05, 0) is 31.5 Å². The molecule has 0 aliphatic carbocycles. The molecule has 0 aliphatic heterocycles. The first-order chi connectivity index (χ1) is 8.49. The van der Waals surface area contributed by atoms with Crippen molar-refractivity contribution >= 4 is 10.0 Å². The fraction of sp³-hybridized carbons (Fsp3) is 0.500. The van der Waals surface area contributed by atoms with Crippen LogP contribution in [0.3, 0.4) is 0 Å². The van der Waals surface area contributed by atoms with Crippen LogP contribution in [0.25, 0.3) is 0 Å². The van der Waals surface area contributed by atoms with Gasteiger partial charge in [0.15, 0.2) is 0 Å². The van der Waals surface area contributed by atoms with Gasteiger partial charge >= 0.3 is 0 Å². The third-order valence-corrected chi connectivity index (χ3v) is 4.09. The lowest BCUT2D eigenvalue weighted by atomic mass is 10.2. The number of aryl methyl sites for hydroxylation is 1. The molecule has 1 aromatic rings. The van der Waals surface area contributed by atoms with Crippen molar-refractivity contribution in [3.05, 3.63) is 29.6 Å². The molecular weight excluding hydrogens is 255 g/mol. The lowest BCUT2D eigenvalue weighted by molar-refractivity contribution is 0.552. The number of nitrogens with one attached hydrogen (secondary N) is 2. The Morgan fingerprint density at radius 3 is 2.56 bits per heavy atom. The quantitative estimate of drug-likeness (QED) is 0.739. The van der Waals surface area contributed by atoms with Crippen molar-refractivity contribution in [1.82, 2.24) is 10.0 Å². The highest BCUT2D eigenvalue weighted by atomic mass is 32.2. The summed E-state index contributed by atoms with van der Waals surface area (Å²) in [6.45, 7) is 5.21. The maximum atomic E-state index is 13.5. The Bertz CT molecular complexity index is 469. The molecule has 0 amide bonds. The van der Waals surface area contributed by atoms with Gasteiger partial charge in [0.25, 0.3) is 0 Å². The highest BCUT2D eigenvalue weighted by Gasteiger charge is 2.20. The molecule has 0 bridgehead atoms. The molecule has 0 aliphatic rings. The lowest BCUT2D eigenvalue weighted by Gasteiger charge is -2.10. The SMILES string of the molecule is CCCNCCNS(=O)(=O)c1c(C)cccc1F. The normalized spacial score (nSPS) is 11.7. The minimum Gasteiger partial charge on any atom is -0.315 e. The minimum atomic E-state index is -3.77. The molecule has 0 unspecified atom stereocenters. The number of rotatable bonds is 7. The number of benzene rings is 1. The lowest BCUT2D eigenvalue weighted by Crippen LogP contribution is -2.32. The Morgan fingerprint density at radius 2 is 1.94 bits per heavy atom. The topological polar surface area (TPSA) is 58.2 Å². The van der Waals surface area contributed by atoms with Gasteiger partial charge in [-0.2, -0.15) is 0 Å². The Kier molecular flexibility index (Phi) is 5.71. The van der Waals surface area contributed by atoms with Crippen molar-refractivity contribution in [2.45, 2.75) is 25.2 Å². The van der Waals surface area contributed by atoms with Gasteiger partial charge in [0, 0.05) is 13.1 Å². The molecule has 2 N–H and O–H groups in total. The van der Waals surface area contributed by atoms with Crippen molar-refractivity contribution < 1.29 is 12.8 Å². The summed E-state index contributed by atoms with van der Waals surface area (Å²) in [6.07, 6.45) is 0.985. The first-order valence-corrected chi connectivity index (χ1v) is 7.43. The van der Waals surface area contributed by atoms with E-state index in [1.54, 1.807) is 13.0 Å². The number of hydrogen-bond donors (Lipinski definition) is 2. The monoisotopic (exact) mass is 274 g/mol. The molecule has 4 nitrogen and oxygen atoms in total. The van der Waals surface area contributed by atoms with Crippen molar-refractivity contribution in [3.63, 3.8) is 0 Å². The predicted octanol–water partition coefficient (Wildman–Crippen LogP) is 1.41. The van der Waals surface area contributed by atoms with Gasteiger partial charge in [0.05, 0.1) is 0 Å². The molecule has 0 saturated heterocycles. The van der Waals surface area contributed by atoms with E-state index in [0.717, 1.165) is 19.0 Å². The predicted molar refractivity (Wildman–Crippen MR) is 69.5 cm³/mol. The second-order valence-electron chi connectivity index (χ2n) is 4.03. The summed E-state index contributed by atoms with van der Waals surface area (Å²) in [4.78, 5) is -0.263. The molecule has 0 heterocycles. The van der Waals surface area contributed by atoms with Gasteiger partial charge in [-0.15, -0.1) is 0 Å². The fourth-order valence-electron chi connectivity index (χ4n) is 1.60. The second kappa shape index (κ2) is 6.82. The molecule has 0 spiro atoms. The van der Waals surface area contributed by atoms with Gasteiger partial charge in [-0.25, -0.2) is 17.5 Å². The summed E-state index contributed by atoms with van der Waals surface area (Å²) in [7, 11) is -3.77. The molecular formula is C12H19FN2O2S. The molecule has 0 saturated carbocycles. The standard InChI is InChI=1S/C12H19FN2O2S/c1-3-7-14-8-9-15-18(16,17)12-10(2)5-4-6-11(12)13/h4-6,14-15H,3,7-9H2,1-2H3. The van der Waals surface area contributed by atoms with Crippen LogP contribution in [-0.2, 0) is 10.0 Å². The van der Waals surface area contributed by atoms with Crippen molar-refractivity contribution in [3.8, 4) is 0 Å². The van der Waals surface area contributed by atoms with Crippen LogP contribution in [0, 0.1) is 12.7 Å². The minimum absolute atomic E-state index is 0.246. The van der Waals surface area contributed by atoms with E-state index in [4.69, 9.17) is 0 Å². The molecule has 102 valence electrons. The Hall–Kier alpha value is -0.980. The van der Waals surface area contributed by atoms with Gasteiger partial charge in [-0.3, -0.25) is 0 Å². The molecule has 1 rings (SSSR count). The number of hydrogen-bond acceptors (Lipinski definition) is 3. The van der Waals surface area contributed by atoms with Crippen LogP contribution < -0.4 is 10.0 Å². The Balaban J connectivity index is 2.69.